The van der Waals surface area contributed by atoms with Crippen LogP contribution in [0.1, 0.15) is 41.5 Å². The molecule has 1 aliphatic rings. The Labute approximate surface area is 138 Å². The summed E-state index contributed by atoms with van der Waals surface area (Å²) in [5, 5.41) is 2.63. The Morgan fingerprint density at radius 3 is 2.13 bits per heavy atom. The molecular formula is C16H30N2O5. The van der Waals surface area contributed by atoms with Crippen molar-refractivity contribution in [3.8, 4) is 0 Å². The molecule has 2 amide bonds. The molecular weight excluding hydrogens is 300 g/mol. The number of carbonyl (C=O) groups is 2. The standard InChI is InChI=1S/C16H30N2O5/c1-15(2,3)22-11-12(17-14(20)23-16(4,5)6)13(19)18-7-9-21-10-8-18/h12H,7-11H2,1-6H3,(H,17,20)/t12-/m1/s1. The van der Waals surface area contributed by atoms with Crippen molar-refractivity contribution >= 4 is 12.0 Å². The number of alkyl carbamates (subject to hydrolysis) is 1. The van der Waals surface area contributed by atoms with Gasteiger partial charge < -0.3 is 24.4 Å². The van der Waals surface area contributed by atoms with Crippen LogP contribution in [0.15, 0.2) is 0 Å². The second kappa shape index (κ2) is 7.97. The van der Waals surface area contributed by atoms with Crippen molar-refractivity contribution in [1.82, 2.24) is 10.2 Å². The number of nitrogens with zero attached hydrogens (tertiary/aromatic N) is 1. The number of hydrogen-bond donors (Lipinski definition) is 1. The lowest BCUT2D eigenvalue weighted by atomic mass is 10.2. The molecule has 0 radical (unpaired) electrons. The van der Waals surface area contributed by atoms with Crippen LogP contribution in [0, 0.1) is 0 Å². The van der Waals surface area contributed by atoms with Crippen LogP contribution in [0.5, 0.6) is 0 Å². The van der Waals surface area contributed by atoms with E-state index in [2.05, 4.69) is 5.32 Å². The van der Waals surface area contributed by atoms with E-state index in [4.69, 9.17) is 14.2 Å². The predicted molar refractivity (Wildman–Crippen MR) is 86.3 cm³/mol. The molecule has 1 saturated heterocycles. The van der Waals surface area contributed by atoms with E-state index in [1.54, 1.807) is 25.7 Å². The lowest BCUT2D eigenvalue weighted by molar-refractivity contribution is -0.140. The molecule has 1 heterocycles. The highest BCUT2D eigenvalue weighted by atomic mass is 16.6. The number of rotatable bonds is 4. The smallest absolute Gasteiger partial charge is 0.408 e. The van der Waals surface area contributed by atoms with Gasteiger partial charge in [0, 0.05) is 13.1 Å². The normalized spacial score (nSPS) is 17.6. The lowest BCUT2D eigenvalue weighted by Crippen LogP contribution is -2.54. The van der Waals surface area contributed by atoms with Crippen molar-refractivity contribution in [2.75, 3.05) is 32.9 Å². The molecule has 0 unspecified atom stereocenters. The van der Waals surface area contributed by atoms with Crippen LogP contribution in [-0.4, -0.2) is 67.1 Å². The van der Waals surface area contributed by atoms with E-state index < -0.39 is 23.3 Å². The van der Waals surface area contributed by atoms with Gasteiger partial charge in [-0.2, -0.15) is 0 Å². The molecule has 0 aromatic carbocycles. The summed E-state index contributed by atoms with van der Waals surface area (Å²) in [6, 6.07) is -0.776. The first-order valence-electron chi connectivity index (χ1n) is 7.98. The molecule has 134 valence electrons. The molecule has 1 fully saturated rings. The zero-order chi connectivity index (χ0) is 17.7. The molecule has 0 aromatic heterocycles. The van der Waals surface area contributed by atoms with Gasteiger partial charge in [0.1, 0.15) is 11.6 Å². The quantitative estimate of drug-likeness (QED) is 0.846. The third-order valence-corrected chi connectivity index (χ3v) is 2.99. The Kier molecular flexibility index (Phi) is 6.83. The van der Waals surface area contributed by atoms with E-state index in [1.165, 1.54) is 0 Å². The van der Waals surface area contributed by atoms with E-state index in [-0.39, 0.29) is 12.5 Å². The highest BCUT2D eigenvalue weighted by Gasteiger charge is 2.30. The maximum absolute atomic E-state index is 12.6. The molecule has 1 atom stereocenters. The van der Waals surface area contributed by atoms with E-state index in [1.807, 2.05) is 20.8 Å². The maximum Gasteiger partial charge on any atom is 0.408 e. The molecule has 0 aliphatic carbocycles. The van der Waals surface area contributed by atoms with Crippen LogP contribution in [-0.2, 0) is 19.0 Å². The number of hydrogen-bond acceptors (Lipinski definition) is 5. The van der Waals surface area contributed by atoms with Gasteiger partial charge in [-0.1, -0.05) is 0 Å². The molecule has 1 N–H and O–H groups in total. The van der Waals surface area contributed by atoms with Gasteiger partial charge in [-0.25, -0.2) is 4.79 Å². The molecule has 0 spiro atoms. The summed E-state index contributed by atoms with van der Waals surface area (Å²) in [5.74, 6) is -0.177. The summed E-state index contributed by atoms with van der Waals surface area (Å²) in [7, 11) is 0. The van der Waals surface area contributed by atoms with E-state index in [0.29, 0.717) is 26.3 Å². The van der Waals surface area contributed by atoms with Crippen molar-refractivity contribution in [2.45, 2.75) is 58.8 Å². The van der Waals surface area contributed by atoms with Gasteiger partial charge in [-0.3, -0.25) is 4.79 Å². The number of nitrogens with one attached hydrogen (secondary N) is 1. The molecule has 1 aliphatic heterocycles. The number of amides is 2. The first-order valence-corrected chi connectivity index (χ1v) is 7.98. The largest absolute Gasteiger partial charge is 0.444 e. The van der Waals surface area contributed by atoms with Gasteiger partial charge in [-0.15, -0.1) is 0 Å². The first-order chi connectivity index (χ1) is 10.5. The fourth-order valence-electron chi connectivity index (χ4n) is 1.96. The Morgan fingerprint density at radius 1 is 1.09 bits per heavy atom. The summed E-state index contributed by atoms with van der Waals surface area (Å²) in [5.41, 5.74) is -1.03. The van der Waals surface area contributed by atoms with Crippen LogP contribution in [0.4, 0.5) is 4.79 Å². The van der Waals surface area contributed by atoms with Crippen LogP contribution >= 0.6 is 0 Å². The van der Waals surface area contributed by atoms with Crippen molar-refractivity contribution in [1.29, 1.82) is 0 Å². The molecule has 0 aromatic rings. The zero-order valence-electron chi connectivity index (χ0n) is 15.1. The zero-order valence-corrected chi connectivity index (χ0v) is 15.1. The summed E-state index contributed by atoms with van der Waals surface area (Å²) in [4.78, 5) is 26.3. The number of morpholine rings is 1. The summed E-state index contributed by atoms with van der Waals surface area (Å²) in [6.45, 7) is 13.2. The van der Waals surface area contributed by atoms with Gasteiger partial charge in [0.05, 0.1) is 25.4 Å². The fraction of sp³-hybridized carbons (Fsp3) is 0.875. The van der Waals surface area contributed by atoms with Gasteiger partial charge in [0.25, 0.3) is 0 Å². The Bertz CT molecular complexity index is 406. The first kappa shape index (κ1) is 19.7. The second-order valence-electron chi connectivity index (χ2n) is 7.56. The highest BCUT2D eigenvalue weighted by Crippen LogP contribution is 2.11. The third-order valence-electron chi connectivity index (χ3n) is 2.99. The molecule has 7 heteroatoms. The second-order valence-corrected chi connectivity index (χ2v) is 7.56. The average Bonchev–Trinajstić information content (AvgIpc) is 2.40. The average molecular weight is 330 g/mol. The minimum absolute atomic E-state index is 0.0962. The minimum atomic E-state index is -0.776. The minimum Gasteiger partial charge on any atom is -0.444 e. The molecule has 0 saturated carbocycles. The maximum atomic E-state index is 12.6. The van der Waals surface area contributed by atoms with Crippen LogP contribution in [0.2, 0.25) is 0 Å². The van der Waals surface area contributed by atoms with E-state index in [9.17, 15) is 9.59 Å². The number of carbonyl (C=O) groups excluding carboxylic acids is 2. The molecule has 1 rings (SSSR count). The van der Waals surface area contributed by atoms with E-state index in [0.717, 1.165) is 0 Å². The molecule has 0 bridgehead atoms. The Hall–Kier alpha value is -1.34. The monoisotopic (exact) mass is 330 g/mol. The molecule has 7 nitrogen and oxygen atoms in total. The Balaban J connectivity index is 2.71. The SMILES string of the molecule is CC(C)(C)OC[C@@H](NC(=O)OC(C)(C)C)C(=O)N1CCOCC1. The van der Waals surface area contributed by atoms with Crippen molar-refractivity contribution in [3.05, 3.63) is 0 Å². The van der Waals surface area contributed by atoms with Gasteiger partial charge in [0.2, 0.25) is 5.91 Å². The number of ether oxygens (including phenoxy) is 3. The lowest BCUT2D eigenvalue weighted by Gasteiger charge is -2.32. The fourth-order valence-corrected chi connectivity index (χ4v) is 1.96. The van der Waals surface area contributed by atoms with Crippen LogP contribution in [0.3, 0.4) is 0 Å². The Morgan fingerprint density at radius 2 is 1.65 bits per heavy atom. The highest BCUT2D eigenvalue weighted by molar-refractivity contribution is 5.86. The van der Waals surface area contributed by atoms with Gasteiger partial charge >= 0.3 is 6.09 Å². The predicted octanol–water partition coefficient (Wildman–Crippen LogP) is 1.55. The van der Waals surface area contributed by atoms with Crippen molar-refractivity contribution in [2.24, 2.45) is 0 Å². The van der Waals surface area contributed by atoms with Crippen molar-refractivity contribution in [3.63, 3.8) is 0 Å². The van der Waals surface area contributed by atoms with Crippen LogP contribution < -0.4 is 5.32 Å². The van der Waals surface area contributed by atoms with Gasteiger partial charge in [0.15, 0.2) is 0 Å². The summed E-state index contributed by atoms with van der Waals surface area (Å²) < 4.78 is 16.2. The van der Waals surface area contributed by atoms with Crippen LogP contribution in [0.25, 0.3) is 0 Å². The molecule has 23 heavy (non-hydrogen) atoms. The van der Waals surface area contributed by atoms with E-state index >= 15 is 0 Å². The topological polar surface area (TPSA) is 77.1 Å². The summed E-state index contributed by atoms with van der Waals surface area (Å²) >= 11 is 0. The van der Waals surface area contributed by atoms with Gasteiger partial charge in [-0.05, 0) is 41.5 Å². The van der Waals surface area contributed by atoms with Crippen molar-refractivity contribution < 1.29 is 23.8 Å². The summed E-state index contributed by atoms with van der Waals surface area (Å²) in [6.07, 6.45) is -0.624. The third kappa shape index (κ3) is 8.18.